The number of rotatable bonds is 3. The molecule has 1 aromatic heterocycles. The van der Waals surface area contributed by atoms with Gasteiger partial charge >= 0.3 is 0 Å². The van der Waals surface area contributed by atoms with Crippen LogP contribution >= 0.6 is 27.3 Å². The predicted molar refractivity (Wildman–Crippen MR) is 63.7 cm³/mol. The highest BCUT2D eigenvalue weighted by Crippen LogP contribution is 2.21. The standard InChI is InChI=1S/C10H15BrN2S/c11-9-7-14-10(13-9)2-1-8-3-5-12-6-4-8/h7-8,12H,1-6H2. The van der Waals surface area contributed by atoms with Crippen LogP contribution in [0.3, 0.4) is 0 Å². The maximum absolute atomic E-state index is 4.41. The van der Waals surface area contributed by atoms with Crippen LogP contribution in [0.15, 0.2) is 9.98 Å². The molecule has 2 heterocycles. The average Bonchev–Trinajstić information content (AvgIpc) is 2.63. The number of hydrogen-bond acceptors (Lipinski definition) is 3. The van der Waals surface area contributed by atoms with Gasteiger partial charge in [0.2, 0.25) is 0 Å². The van der Waals surface area contributed by atoms with E-state index in [4.69, 9.17) is 0 Å². The molecule has 0 aliphatic carbocycles. The Kier molecular flexibility index (Phi) is 3.96. The molecule has 0 radical (unpaired) electrons. The van der Waals surface area contributed by atoms with Gasteiger partial charge in [-0.1, -0.05) is 0 Å². The van der Waals surface area contributed by atoms with Crippen LogP contribution < -0.4 is 5.32 Å². The van der Waals surface area contributed by atoms with Crippen molar-refractivity contribution in [1.29, 1.82) is 0 Å². The van der Waals surface area contributed by atoms with Crippen molar-refractivity contribution in [3.8, 4) is 0 Å². The molecule has 0 bridgehead atoms. The number of piperidine rings is 1. The SMILES string of the molecule is Brc1csc(CCC2CCNCC2)n1. The first-order chi connectivity index (χ1) is 6.84. The summed E-state index contributed by atoms with van der Waals surface area (Å²) in [5.41, 5.74) is 0. The summed E-state index contributed by atoms with van der Waals surface area (Å²) in [6.45, 7) is 2.40. The number of nitrogens with zero attached hydrogens (tertiary/aromatic N) is 1. The molecule has 1 saturated heterocycles. The molecule has 0 atom stereocenters. The van der Waals surface area contributed by atoms with E-state index in [-0.39, 0.29) is 0 Å². The third-order valence-electron chi connectivity index (χ3n) is 2.75. The highest BCUT2D eigenvalue weighted by molar-refractivity contribution is 9.10. The van der Waals surface area contributed by atoms with Gasteiger partial charge in [0.15, 0.2) is 0 Å². The summed E-state index contributed by atoms with van der Waals surface area (Å²) < 4.78 is 0.989. The van der Waals surface area contributed by atoms with Gasteiger partial charge in [-0.2, -0.15) is 0 Å². The van der Waals surface area contributed by atoms with E-state index in [0.717, 1.165) is 16.9 Å². The van der Waals surface area contributed by atoms with Crippen LogP contribution in [0, 0.1) is 5.92 Å². The Bertz CT molecular complexity index is 281. The minimum Gasteiger partial charge on any atom is -0.317 e. The molecule has 1 fully saturated rings. The summed E-state index contributed by atoms with van der Waals surface area (Å²) in [6, 6.07) is 0. The lowest BCUT2D eigenvalue weighted by Crippen LogP contribution is -2.27. The third-order valence-corrected chi connectivity index (χ3v) is 4.37. The summed E-state index contributed by atoms with van der Waals surface area (Å²) in [5.74, 6) is 0.916. The number of aryl methyl sites for hydroxylation is 1. The Morgan fingerprint density at radius 2 is 2.29 bits per heavy atom. The lowest BCUT2D eigenvalue weighted by Gasteiger charge is -2.21. The number of hydrogen-bond donors (Lipinski definition) is 1. The number of halogens is 1. The monoisotopic (exact) mass is 274 g/mol. The van der Waals surface area contributed by atoms with E-state index in [0.29, 0.717) is 0 Å². The van der Waals surface area contributed by atoms with Crippen molar-refractivity contribution in [2.45, 2.75) is 25.7 Å². The van der Waals surface area contributed by atoms with Gasteiger partial charge in [0.05, 0.1) is 5.01 Å². The van der Waals surface area contributed by atoms with Crippen molar-refractivity contribution in [3.63, 3.8) is 0 Å². The van der Waals surface area contributed by atoms with E-state index in [1.165, 1.54) is 37.4 Å². The van der Waals surface area contributed by atoms with E-state index in [9.17, 15) is 0 Å². The Morgan fingerprint density at radius 3 is 2.93 bits per heavy atom. The average molecular weight is 275 g/mol. The zero-order valence-corrected chi connectivity index (χ0v) is 10.5. The van der Waals surface area contributed by atoms with Crippen molar-refractivity contribution in [3.05, 3.63) is 15.0 Å². The zero-order chi connectivity index (χ0) is 9.80. The van der Waals surface area contributed by atoms with Gasteiger partial charge < -0.3 is 5.32 Å². The van der Waals surface area contributed by atoms with Gasteiger partial charge in [-0.05, 0) is 60.6 Å². The number of aromatic nitrogens is 1. The fourth-order valence-electron chi connectivity index (χ4n) is 1.90. The lowest BCUT2D eigenvalue weighted by molar-refractivity contribution is 0.354. The van der Waals surface area contributed by atoms with Gasteiger partial charge in [0.25, 0.3) is 0 Å². The first kappa shape index (κ1) is 10.6. The second kappa shape index (κ2) is 5.24. The van der Waals surface area contributed by atoms with Crippen molar-refractivity contribution in [2.75, 3.05) is 13.1 Å². The second-order valence-electron chi connectivity index (χ2n) is 3.80. The van der Waals surface area contributed by atoms with Crippen molar-refractivity contribution in [2.24, 2.45) is 5.92 Å². The van der Waals surface area contributed by atoms with Crippen LogP contribution in [0.5, 0.6) is 0 Å². The quantitative estimate of drug-likeness (QED) is 0.917. The molecule has 78 valence electrons. The minimum atomic E-state index is 0.916. The molecule has 14 heavy (non-hydrogen) atoms. The Labute approximate surface area is 97.3 Å². The molecule has 2 rings (SSSR count). The van der Waals surface area contributed by atoms with E-state index < -0.39 is 0 Å². The largest absolute Gasteiger partial charge is 0.317 e. The van der Waals surface area contributed by atoms with Crippen LogP contribution in [0.2, 0.25) is 0 Å². The fraction of sp³-hybridized carbons (Fsp3) is 0.700. The van der Waals surface area contributed by atoms with Gasteiger partial charge in [0, 0.05) is 5.38 Å². The molecule has 2 nitrogen and oxygen atoms in total. The van der Waals surface area contributed by atoms with E-state index >= 15 is 0 Å². The van der Waals surface area contributed by atoms with Gasteiger partial charge in [-0.25, -0.2) is 4.98 Å². The summed E-state index contributed by atoms with van der Waals surface area (Å²) in [5, 5.41) is 6.74. The first-order valence-electron chi connectivity index (χ1n) is 5.15. The summed E-state index contributed by atoms with van der Waals surface area (Å²) >= 11 is 5.15. The molecule has 4 heteroatoms. The lowest BCUT2D eigenvalue weighted by atomic mass is 9.93. The van der Waals surface area contributed by atoms with E-state index in [1.807, 2.05) is 0 Å². The summed E-state index contributed by atoms with van der Waals surface area (Å²) in [6.07, 6.45) is 5.14. The number of nitrogens with one attached hydrogen (secondary N) is 1. The summed E-state index contributed by atoms with van der Waals surface area (Å²) in [7, 11) is 0. The molecular formula is C10H15BrN2S. The zero-order valence-electron chi connectivity index (χ0n) is 8.13. The van der Waals surface area contributed by atoms with Crippen LogP contribution in [-0.2, 0) is 6.42 Å². The predicted octanol–water partition coefficient (Wildman–Crippen LogP) is 2.84. The Hall–Kier alpha value is 0.0700. The molecule has 0 spiro atoms. The molecule has 1 aliphatic heterocycles. The van der Waals surface area contributed by atoms with Crippen molar-refractivity contribution < 1.29 is 0 Å². The van der Waals surface area contributed by atoms with Crippen LogP contribution in [0.1, 0.15) is 24.3 Å². The molecule has 0 saturated carbocycles. The molecule has 0 aromatic carbocycles. The molecule has 0 amide bonds. The highest BCUT2D eigenvalue weighted by atomic mass is 79.9. The first-order valence-corrected chi connectivity index (χ1v) is 6.82. The van der Waals surface area contributed by atoms with Crippen LogP contribution in [0.4, 0.5) is 0 Å². The number of thiazole rings is 1. The van der Waals surface area contributed by atoms with Crippen molar-refractivity contribution in [1.82, 2.24) is 10.3 Å². The molecule has 0 unspecified atom stereocenters. The van der Waals surface area contributed by atoms with E-state index in [2.05, 4.69) is 31.6 Å². The highest BCUT2D eigenvalue weighted by Gasteiger charge is 2.13. The molecule has 1 aromatic rings. The molecule has 1 N–H and O–H groups in total. The third kappa shape index (κ3) is 3.04. The smallest absolute Gasteiger partial charge is 0.117 e. The van der Waals surface area contributed by atoms with E-state index in [1.54, 1.807) is 11.3 Å². The van der Waals surface area contributed by atoms with Gasteiger partial charge in [-0.3, -0.25) is 0 Å². The maximum atomic E-state index is 4.41. The normalized spacial score (nSPS) is 18.6. The summed E-state index contributed by atoms with van der Waals surface area (Å²) in [4.78, 5) is 4.41. The van der Waals surface area contributed by atoms with Gasteiger partial charge in [0.1, 0.15) is 4.60 Å². The Balaban J connectivity index is 1.76. The van der Waals surface area contributed by atoms with Crippen LogP contribution in [0.25, 0.3) is 0 Å². The minimum absolute atomic E-state index is 0.916. The van der Waals surface area contributed by atoms with Crippen molar-refractivity contribution >= 4 is 27.3 Å². The fourth-order valence-corrected chi connectivity index (χ4v) is 3.19. The Morgan fingerprint density at radius 1 is 1.50 bits per heavy atom. The second-order valence-corrected chi connectivity index (χ2v) is 5.55. The molecule has 1 aliphatic rings. The maximum Gasteiger partial charge on any atom is 0.117 e. The topological polar surface area (TPSA) is 24.9 Å². The van der Waals surface area contributed by atoms with Crippen LogP contribution in [-0.4, -0.2) is 18.1 Å². The van der Waals surface area contributed by atoms with Gasteiger partial charge in [-0.15, -0.1) is 11.3 Å². The molecular weight excluding hydrogens is 260 g/mol.